The van der Waals surface area contributed by atoms with E-state index in [1.807, 2.05) is 31.2 Å². The van der Waals surface area contributed by atoms with Gasteiger partial charge in [-0.15, -0.1) is 22.7 Å². The van der Waals surface area contributed by atoms with Crippen LogP contribution in [0.2, 0.25) is 0 Å². The molecule has 0 radical (unpaired) electrons. The summed E-state index contributed by atoms with van der Waals surface area (Å²) in [5.74, 6) is -0.910. The van der Waals surface area contributed by atoms with Crippen molar-refractivity contribution in [3.05, 3.63) is 63.4 Å². The average Bonchev–Trinajstić information content (AvgIpc) is 3.39. The average molecular weight is 466 g/mol. The number of rotatable bonds is 9. The number of aryl methyl sites for hydroxylation is 1. The molecular formula is C19H19N3O5S3. The van der Waals surface area contributed by atoms with Crippen molar-refractivity contribution in [2.75, 3.05) is 11.9 Å². The van der Waals surface area contributed by atoms with E-state index in [4.69, 9.17) is 4.74 Å². The predicted molar refractivity (Wildman–Crippen MR) is 115 cm³/mol. The molecule has 0 bridgehead atoms. The lowest BCUT2D eigenvalue weighted by Gasteiger charge is -2.06. The second-order valence-electron chi connectivity index (χ2n) is 6.19. The first-order valence-corrected chi connectivity index (χ1v) is 12.1. The van der Waals surface area contributed by atoms with Gasteiger partial charge in [-0.2, -0.15) is 4.72 Å². The van der Waals surface area contributed by atoms with Crippen LogP contribution in [-0.4, -0.2) is 31.8 Å². The third-order valence-electron chi connectivity index (χ3n) is 3.88. The SMILES string of the molecule is Cc1ccccc1NC(=O)Cc1nc(COC(=O)CNS(=O)(=O)c2cccs2)cs1. The lowest BCUT2D eigenvalue weighted by Crippen LogP contribution is -2.30. The number of nitrogens with zero attached hydrogens (tertiary/aromatic N) is 1. The molecule has 0 aliphatic rings. The Morgan fingerprint density at radius 3 is 2.67 bits per heavy atom. The van der Waals surface area contributed by atoms with Crippen molar-refractivity contribution >= 4 is 50.3 Å². The standard InChI is InChI=1S/C19H19N3O5S3/c1-13-5-2-3-6-15(13)22-16(23)9-17-21-14(12-29-17)11-27-18(24)10-20-30(25,26)19-7-4-8-28-19/h2-8,12,20H,9-11H2,1H3,(H,22,23). The number of hydrogen-bond acceptors (Lipinski definition) is 8. The van der Waals surface area contributed by atoms with Crippen LogP contribution in [0.5, 0.6) is 0 Å². The minimum atomic E-state index is -3.72. The number of thiazole rings is 1. The second-order valence-corrected chi connectivity index (χ2v) is 10.1. The molecule has 0 saturated carbocycles. The van der Waals surface area contributed by atoms with Gasteiger partial charge in [0.15, 0.2) is 0 Å². The molecule has 3 aromatic rings. The van der Waals surface area contributed by atoms with Gasteiger partial charge in [-0.3, -0.25) is 9.59 Å². The third kappa shape index (κ3) is 6.20. The highest BCUT2D eigenvalue weighted by Gasteiger charge is 2.17. The van der Waals surface area contributed by atoms with Crippen LogP contribution in [0.25, 0.3) is 0 Å². The fourth-order valence-electron chi connectivity index (χ4n) is 2.39. The van der Waals surface area contributed by atoms with E-state index < -0.39 is 22.5 Å². The van der Waals surface area contributed by atoms with Gasteiger partial charge in [0.2, 0.25) is 5.91 Å². The number of hydrogen-bond donors (Lipinski definition) is 2. The highest BCUT2D eigenvalue weighted by molar-refractivity contribution is 7.91. The van der Waals surface area contributed by atoms with E-state index in [1.54, 1.807) is 16.8 Å². The summed E-state index contributed by atoms with van der Waals surface area (Å²) in [5, 5.41) is 6.75. The van der Waals surface area contributed by atoms with Crippen LogP contribution in [-0.2, 0) is 37.4 Å². The Balaban J connectivity index is 1.44. The predicted octanol–water partition coefficient (Wildman–Crippen LogP) is 2.72. The van der Waals surface area contributed by atoms with Gasteiger partial charge in [0.25, 0.3) is 10.0 Å². The Morgan fingerprint density at radius 1 is 1.13 bits per heavy atom. The summed E-state index contributed by atoms with van der Waals surface area (Å²) in [6, 6.07) is 10.5. The van der Waals surface area contributed by atoms with Crippen molar-refractivity contribution in [1.82, 2.24) is 9.71 Å². The minimum absolute atomic E-state index is 0.102. The van der Waals surface area contributed by atoms with Crippen molar-refractivity contribution in [2.45, 2.75) is 24.2 Å². The Bertz CT molecular complexity index is 1120. The molecule has 0 fully saturated rings. The zero-order valence-corrected chi connectivity index (χ0v) is 18.4. The maximum Gasteiger partial charge on any atom is 0.321 e. The number of amides is 1. The molecule has 0 saturated heterocycles. The number of benzene rings is 1. The van der Waals surface area contributed by atoms with Gasteiger partial charge in [-0.25, -0.2) is 13.4 Å². The molecule has 3 rings (SSSR count). The topological polar surface area (TPSA) is 114 Å². The molecule has 0 spiro atoms. The minimum Gasteiger partial charge on any atom is -0.458 e. The number of sulfonamides is 1. The maximum absolute atomic E-state index is 12.2. The van der Waals surface area contributed by atoms with E-state index in [-0.39, 0.29) is 23.1 Å². The van der Waals surface area contributed by atoms with Crippen LogP contribution >= 0.6 is 22.7 Å². The monoisotopic (exact) mass is 465 g/mol. The molecule has 0 aliphatic carbocycles. The van der Waals surface area contributed by atoms with Gasteiger partial charge in [0.1, 0.15) is 22.4 Å². The molecule has 2 N–H and O–H groups in total. The number of aromatic nitrogens is 1. The molecule has 2 heterocycles. The molecule has 0 aliphatic heterocycles. The maximum atomic E-state index is 12.2. The number of ether oxygens (including phenoxy) is 1. The Hall–Kier alpha value is -2.60. The van der Waals surface area contributed by atoms with E-state index in [2.05, 4.69) is 15.0 Å². The molecular weight excluding hydrogens is 446 g/mol. The summed E-state index contributed by atoms with van der Waals surface area (Å²) in [6.45, 7) is 1.33. The first-order valence-electron chi connectivity index (χ1n) is 8.81. The van der Waals surface area contributed by atoms with E-state index >= 15 is 0 Å². The number of carbonyl (C=O) groups excluding carboxylic acids is 2. The number of thiophene rings is 1. The summed E-state index contributed by atoms with van der Waals surface area (Å²) < 4.78 is 31.3. The van der Waals surface area contributed by atoms with Gasteiger partial charge in [-0.05, 0) is 30.0 Å². The number of nitrogens with one attached hydrogen (secondary N) is 2. The molecule has 11 heteroatoms. The number of anilines is 1. The van der Waals surface area contributed by atoms with E-state index in [0.717, 1.165) is 22.6 Å². The summed E-state index contributed by atoms with van der Waals surface area (Å²) in [5.41, 5.74) is 2.21. The van der Waals surface area contributed by atoms with Crippen LogP contribution in [0.4, 0.5) is 5.69 Å². The quantitative estimate of drug-likeness (QED) is 0.470. The van der Waals surface area contributed by atoms with Gasteiger partial charge in [-0.1, -0.05) is 24.3 Å². The van der Waals surface area contributed by atoms with Gasteiger partial charge < -0.3 is 10.1 Å². The number of esters is 1. The number of para-hydroxylation sites is 1. The van der Waals surface area contributed by atoms with E-state index in [1.165, 1.54) is 17.4 Å². The van der Waals surface area contributed by atoms with Gasteiger partial charge in [0, 0.05) is 11.1 Å². The first kappa shape index (κ1) is 22.1. The highest BCUT2D eigenvalue weighted by Crippen LogP contribution is 2.16. The van der Waals surface area contributed by atoms with Crippen LogP contribution in [0.1, 0.15) is 16.3 Å². The van der Waals surface area contributed by atoms with Gasteiger partial charge in [0.05, 0.1) is 12.1 Å². The lowest BCUT2D eigenvalue weighted by atomic mass is 10.2. The molecule has 1 aromatic carbocycles. The summed E-state index contributed by atoms with van der Waals surface area (Å²) >= 11 is 2.34. The second kappa shape index (κ2) is 9.94. The van der Waals surface area contributed by atoms with Gasteiger partial charge >= 0.3 is 5.97 Å². The highest BCUT2D eigenvalue weighted by atomic mass is 32.2. The normalized spacial score (nSPS) is 11.2. The molecule has 0 unspecified atom stereocenters. The van der Waals surface area contributed by atoms with E-state index in [9.17, 15) is 18.0 Å². The van der Waals surface area contributed by atoms with Crippen molar-refractivity contribution < 1.29 is 22.7 Å². The molecule has 2 aromatic heterocycles. The first-order chi connectivity index (χ1) is 14.3. The summed E-state index contributed by atoms with van der Waals surface area (Å²) in [6.07, 6.45) is 0.105. The molecule has 0 atom stereocenters. The Morgan fingerprint density at radius 2 is 1.93 bits per heavy atom. The fourth-order valence-corrected chi connectivity index (χ4v) is 5.17. The Labute approximate surface area is 182 Å². The van der Waals surface area contributed by atoms with Crippen LogP contribution in [0.15, 0.2) is 51.4 Å². The van der Waals surface area contributed by atoms with Crippen LogP contribution < -0.4 is 10.0 Å². The van der Waals surface area contributed by atoms with E-state index in [0.29, 0.717) is 10.7 Å². The zero-order chi connectivity index (χ0) is 21.6. The molecule has 1 amide bonds. The van der Waals surface area contributed by atoms with Crippen LogP contribution in [0, 0.1) is 6.92 Å². The van der Waals surface area contributed by atoms with Crippen molar-refractivity contribution in [3.8, 4) is 0 Å². The molecule has 8 nitrogen and oxygen atoms in total. The molecule has 30 heavy (non-hydrogen) atoms. The largest absolute Gasteiger partial charge is 0.458 e. The Kier molecular flexibility index (Phi) is 7.32. The van der Waals surface area contributed by atoms with Crippen LogP contribution in [0.3, 0.4) is 0 Å². The smallest absolute Gasteiger partial charge is 0.321 e. The molecule has 158 valence electrons. The zero-order valence-electron chi connectivity index (χ0n) is 16.0. The van der Waals surface area contributed by atoms with Crippen molar-refractivity contribution in [3.63, 3.8) is 0 Å². The number of carbonyl (C=O) groups is 2. The van der Waals surface area contributed by atoms with Crippen molar-refractivity contribution in [1.29, 1.82) is 0 Å². The summed E-state index contributed by atoms with van der Waals surface area (Å²) in [7, 11) is -3.72. The summed E-state index contributed by atoms with van der Waals surface area (Å²) in [4.78, 5) is 28.3. The van der Waals surface area contributed by atoms with Crippen molar-refractivity contribution in [2.24, 2.45) is 0 Å². The fraction of sp³-hybridized carbons (Fsp3) is 0.211. The third-order valence-corrected chi connectivity index (χ3v) is 7.57. The lowest BCUT2D eigenvalue weighted by molar-refractivity contribution is -0.143.